The normalized spacial score (nSPS) is 13.2. The molecule has 0 spiro atoms. The molecule has 0 unspecified atom stereocenters. The Labute approximate surface area is 177 Å². The van der Waals surface area contributed by atoms with Crippen molar-refractivity contribution in [1.82, 2.24) is 5.32 Å². The molecule has 0 aliphatic rings. The van der Waals surface area contributed by atoms with Crippen molar-refractivity contribution in [3.8, 4) is 11.5 Å². The average Bonchev–Trinajstić information content (AvgIpc) is 2.66. The Morgan fingerprint density at radius 3 is 2.37 bits per heavy atom. The van der Waals surface area contributed by atoms with E-state index in [1.54, 1.807) is 19.1 Å². The molecular weight excluding hydrogens is 427 g/mol. The molecule has 0 heterocycles. The van der Waals surface area contributed by atoms with Crippen LogP contribution in [0.2, 0.25) is 0 Å². The van der Waals surface area contributed by atoms with E-state index in [-0.39, 0.29) is 30.6 Å². The quantitative estimate of drug-likeness (QED) is 0.467. The standard InChI is InChI=1S/C20H22F3NO5.ClH/c1-12(19(28)14-3-5-15(25)6-4-14)24-9-8-13-2-7-17(29-11-18(26)27)16(10-13)20(21,22)23;/h2-7,10,12,19,24-25,28H,8-9,11H2,1H3,(H,26,27);1H/t12-,19+;/m0./s1. The highest BCUT2D eigenvalue weighted by atomic mass is 35.5. The molecule has 4 N–H and O–H groups in total. The first-order valence-corrected chi connectivity index (χ1v) is 8.83. The lowest BCUT2D eigenvalue weighted by Crippen LogP contribution is -2.33. The van der Waals surface area contributed by atoms with Gasteiger partial charge in [-0.05, 0) is 55.3 Å². The van der Waals surface area contributed by atoms with Crippen molar-refractivity contribution >= 4 is 18.4 Å². The minimum Gasteiger partial charge on any atom is -0.508 e. The third kappa shape index (κ3) is 7.40. The van der Waals surface area contributed by atoms with Gasteiger partial charge in [-0.25, -0.2) is 4.79 Å². The summed E-state index contributed by atoms with van der Waals surface area (Å²) in [6.45, 7) is 1.18. The molecule has 0 aliphatic heterocycles. The van der Waals surface area contributed by atoms with Gasteiger partial charge in [-0.2, -0.15) is 13.2 Å². The first kappa shape index (κ1) is 25.5. The Morgan fingerprint density at radius 2 is 1.80 bits per heavy atom. The first-order chi connectivity index (χ1) is 13.6. The molecule has 0 aromatic heterocycles. The van der Waals surface area contributed by atoms with Crippen molar-refractivity contribution < 1.29 is 38.0 Å². The van der Waals surface area contributed by atoms with Crippen molar-refractivity contribution in [3.05, 3.63) is 59.2 Å². The lowest BCUT2D eigenvalue weighted by atomic mass is 10.0. The van der Waals surface area contributed by atoms with Crippen molar-refractivity contribution in [2.24, 2.45) is 0 Å². The molecule has 2 aromatic rings. The number of rotatable bonds is 9. The molecule has 0 aliphatic carbocycles. The molecule has 166 valence electrons. The SMILES string of the molecule is C[C@H](NCCc1ccc(OCC(=O)O)c(C(F)(F)F)c1)[C@@H](O)c1ccc(O)cc1.Cl. The van der Waals surface area contributed by atoms with Crippen molar-refractivity contribution in [2.45, 2.75) is 31.7 Å². The molecule has 0 amide bonds. The molecule has 0 bridgehead atoms. The Bertz CT molecular complexity index is 830. The Morgan fingerprint density at radius 1 is 1.17 bits per heavy atom. The van der Waals surface area contributed by atoms with Gasteiger partial charge >= 0.3 is 12.1 Å². The summed E-state index contributed by atoms with van der Waals surface area (Å²) in [6, 6.07) is 9.19. The molecule has 2 rings (SSSR count). The summed E-state index contributed by atoms with van der Waals surface area (Å²) >= 11 is 0. The predicted octanol–water partition coefficient (Wildman–Crippen LogP) is 3.55. The van der Waals surface area contributed by atoms with E-state index in [1.807, 2.05) is 0 Å². The number of phenolic OH excluding ortho intramolecular Hbond substituents is 1. The molecule has 0 radical (unpaired) electrons. The number of hydrogen-bond acceptors (Lipinski definition) is 5. The van der Waals surface area contributed by atoms with Gasteiger partial charge in [0.25, 0.3) is 0 Å². The van der Waals surface area contributed by atoms with Crippen LogP contribution in [0, 0.1) is 0 Å². The zero-order chi connectivity index (χ0) is 21.6. The first-order valence-electron chi connectivity index (χ1n) is 8.83. The minimum absolute atomic E-state index is 0. The summed E-state index contributed by atoms with van der Waals surface area (Å²) in [4.78, 5) is 10.5. The van der Waals surface area contributed by atoms with Crippen LogP contribution in [0.5, 0.6) is 11.5 Å². The molecule has 2 aromatic carbocycles. The van der Waals surface area contributed by atoms with E-state index < -0.39 is 36.2 Å². The number of hydrogen-bond donors (Lipinski definition) is 4. The number of aliphatic carboxylic acids is 1. The number of phenols is 1. The highest BCUT2D eigenvalue weighted by Crippen LogP contribution is 2.37. The van der Waals surface area contributed by atoms with E-state index in [0.717, 1.165) is 12.1 Å². The van der Waals surface area contributed by atoms with Crippen LogP contribution in [-0.2, 0) is 17.4 Å². The third-order valence-electron chi connectivity index (χ3n) is 4.29. The smallest absolute Gasteiger partial charge is 0.419 e. The number of ether oxygens (including phenoxy) is 1. The largest absolute Gasteiger partial charge is 0.508 e. The number of aliphatic hydroxyl groups excluding tert-OH is 1. The maximum absolute atomic E-state index is 13.2. The van der Waals surface area contributed by atoms with Gasteiger partial charge in [-0.15, -0.1) is 12.4 Å². The molecule has 10 heteroatoms. The molecule has 0 fully saturated rings. The maximum Gasteiger partial charge on any atom is 0.419 e. The Hall–Kier alpha value is -2.49. The highest BCUT2D eigenvalue weighted by Gasteiger charge is 2.34. The van der Waals surface area contributed by atoms with Gasteiger partial charge in [0.05, 0.1) is 11.7 Å². The average molecular weight is 450 g/mol. The van der Waals surface area contributed by atoms with Crippen molar-refractivity contribution in [2.75, 3.05) is 13.2 Å². The molecule has 30 heavy (non-hydrogen) atoms. The van der Waals surface area contributed by atoms with Crippen LogP contribution in [0.3, 0.4) is 0 Å². The van der Waals surface area contributed by atoms with Crippen LogP contribution < -0.4 is 10.1 Å². The molecule has 0 saturated heterocycles. The van der Waals surface area contributed by atoms with E-state index in [0.29, 0.717) is 17.7 Å². The fourth-order valence-corrected chi connectivity index (χ4v) is 2.74. The fourth-order valence-electron chi connectivity index (χ4n) is 2.74. The van der Waals surface area contributed by atoms with E-state index in [1.165, 1.54) is 18.2 Å². The Kier molecular flexibility index (Phi) is 9.41. The van der Waals surface area contributed by atoms with Crippen LogP contribution in [0.1, 0.15) is 29.7 Å². The summed E-state index contributed by atoms with van der Waals surface area (Å²) in [7, 11) is 0. The predicted molar refractivity (Wildman–Crippen MR) is 106 cm³/mol. The number of halogens is 4. The summed E-state index contributed by atoms with van der Waals surface area (Å²) < 4.78 is 44.4. The maximum atomic E-state index is 13.2. The molecule has 6 nitrogen and oxygen atoms in total. The number of aromatic hydroxyl groups is 1. The van der Waals surface area contributed by atoms with Crippen LogP contribution >= 0.6 is 12.4 Å². The Balaban J connectivity index is 0.00000450. The van der Waals surface area contributed by atoms with Crippen molar-refractivity contribution in [1.29, 1.82) is 0 Å². The zero-order valence-corrected chi connectivity index (χ0v) is 16.8. The summed E-state index contributed by atoms with van der Waals surface area (Å²) in [5, 5.41) is 31.2. The highest BCUT2D eigenvalue weighted by molar-refractivity contribution is 5.85. The van der Waals surface area contributed by atoms with Crippen LogP contribution in [0.25, 0.3) is 0 Å². The van der Waals surface area contributed by atoms with E-state index >= 15 is 0 Å². The monoisotopic (exact) mass is 449 g/mol. The molecule has 0 saturated carbocycles. The zero-order valence-electron chi connectivity index (χ0n) is 16.0. The second kappa shape index (κ2) is 11.1. The van der Waals surface area contributed by atoms with Gasteiger partial charge in [0.15, 0.2) is 6.61 Å². The number of carbonyl (C=O) groups is 1. The lowest BCUT2D eigenvalue weighted by molar-refractivity contribution is -0.143. The second-order valence-corrected chi connectivity index (χ2v) is 6.54. The molecule has 2 atom stereocenters. The van der Waals surface area contributed by atoms with Gasteiger partial charge in [0.2, 0.25) is 0 Å². The second-order valence-electron chi connectivity index (χ2n) is 6.54. The van der Waals surface area contributed by atoms with Crippen molar-refractivity contribution in [3.63, 3.8) is 0 Å². The molecular formula is C20H23ClF3NO5. The topological polar surface area (TPSA) is 99.0 Å². The van der Waals surface area contributed by atoms with Gasteiger partial charge in [0, 0.05) is 6.04 Å². The summed E-state index contributed by atoms with van der Waals surface area (Å²) in [6.07, 6.45) is -5.28. The number of carboxylic acid groups (broad SMARTS) is 1. The number of nitrogens with one attached hydrogen (secondary N) is 1. The van der Waals surface area contributed by atoms with Crippen LogP contribution in [0.4, 0.5) is 13.2 Å². The third-order valence-corrected chi connectivity index (χ3v) is 4.29. The van der Waals surface area contributed by atoms with E-state index in [2.05, 4.69) is 5.32 Å². The van der Waals surface area contributed by atoms with E-state index in [9.17, 15) is 28.2 Å². The van der Waals surface area contributed by atoms with Crippen LogP contribution in [0.15, 0.2) is 42.5 Å². The van der Waals surface area contributed by atoms with Gasteiger partial charge < -0.3 is 25.4 Å². The van der Waals surface area contributed by atoms with Crippen LogP contribution in [-0.4, -0.2) is 40.5 Å². The number of benzene rings is 2. The number of carboxylic acids is 1. The summed E-state index contributed by atoms with van der Waals surface area (Å²) in [5.74, 6) is -1.82. The van der Waals surface area contributed by atoms with E-state index in [4.69, 9.17) is 9.84 Å². The minimum atomic E-state index is -4.68. The summed E-state index contributed by atoms with van der Waals surface area (Å²) in [5.41, 5.74) is -0.0469. The number of aliphatic hydroxyl groups is 1. The fraction of sp³-hybridized carbons (Fsp3) is 0.350. The van der Waals surface area contributed by atoms with Gasteiger partial charge in [-0.1, -0.05) is 18.2 Å². The number of alkyl halides is 3. The van der Waals surface area contributed by atoms with Gasteiger partial charge in [0.1, 0.15) is 11.5 Å². The van der Waals surface area contributed by atoms with Gasteiger partial charge in [-0.3, -0.25) is 0 Å². The lowest BCUT2D eigenvalue weighted by Gasteiger charge is -2.21.